The number of amides is 1. The average Bonchev–Trinajstić information content (AvgIpc) is 2.93. The van der Waals surface area contributed by atoms with Gasteiger partial charge in [0, 0.05) is 43.7 Å². The van der Waals surface area contributed by atoms with Crippen LogP contribution in [0.25, 0.3) is 16.7 Å². The molecule has 0 radical (unpaired) electrons. The Labute approximate surface area is 235 Å². The first-order valence-corrected chi connectivity index (χ1v) is 14.5. The van der Waals surface area contributed by atoms with Crippen molar-refractivity contribution >= 4 is 22.8 Å². The number of nitrogens with zero attached hydrogens (tertiary/aromatic N) is 3. The summed E-state index contributed by atoms with van der Waals surface area (Å²) in [6, 6.07) is 6.31. The van der Waals surface area contributed by atoms with Crippen LogP contribution >= 0.6 is 0 Å². The number of carbonyl (C=O) groups is 1. The molecule has 1 amide bonds. The second-order valence-electron chi connectivity index (χ2n) is 12.8. The monoisotopic (exact) mass is 566 g/mol. The van der Waals surface area contributed by atoms with Crippen molar-refractivity contribution in [1.29, 1.82) is 0 Å². The first-order chi connectivity index (χ1) is 19.6. The Morgan fingerprint density at radius 3 is 2.29 bits per heavy atom. The molecule has 2 N–H and O–H groups in total. The Hall–Kier alpha value is -3.40. The number of fused-ring (bicyclic) bond motifs is 1. The summed E-state index contributed by atoms with van der Waals surface area (Å²) in [5.41, 5.74) is -2.53. The zero-order valence-electron chi connectivity index (χ0n) is 22.7. The lowest BCUT2D eigenvalue weighted by molar-refractivity contribution is -0.0167. The van der Waals surface area contributed by atoms with Crippen LogP contribution in [0.4, 0.5) is 19.0 Å². The van der Waals surface area contributed by atoms with Crippen molar-refractivity contribution in [3.05, 3.63) is 63.9 Å². The van der Waals surface area contributed by atoms with E-state index in [1.165, 1.54) is 36.1 Å². The molecule has 0 spiro atoms. The predicted octanol–water partition coefficient (Wildman–Crippen LogP) is 4.66. The normalized spacial score (nSPS) is 28.3. The van der Waals surface area contributed by atoms with Crippen molar-refractivity contribution in [3.63, 3.8) is 0 Å². The van der Waals surface area contributed by atoms with Gasteiger partial charge in [0.1, 0.15) is 28.7 Å². The van der Waals surface area contributed by atoms with Crippen LogP contribution in [0.1, 0.15) is 61.7 Å². The predicted molar refractivity (Wildman–Crippen MR) is 148 cm³/mol. The summed E-state index contributed by atoms with van der Waals surface area (Å²) < 4.78 is 44.9. The molecular weight excluding hydrogens is 533 g/mol. The summed E-state index contributed by atoms with van der Waals surface area (Å²) in [4.78, 5) is 34.0. The number of aromatic nitrogens is 2. The van der Waals surface area contributed by atoms with Gasteiger partial charge in [-0.1, -0.05) is 0 Å². The Morgan fingerprint density at radius 1 is 1.02 bits per heavy atom. The fraction of sp³-hybridized carbons (Fsp3) is 0.516. The number of nitrogens with one attached hydrogen (secondary N) is 1. The molecule has 7 nitrogen and oxygen atoms in total. The highest BCUT2D eigenvalue weighted by Crippen LogP contribution is 2.55. The molecule has 5 aliphatic rings. The van der Waals surface area contributed by atoms with E-state index in [1.54, 1.807) is 12.1 Å². The molecule has 41 heavy (non-hydrogen) atoms. The third kappa shape index (κ3) is 4.60. The van der Waals surface area contributed by atoms with Gasteiger partial charge in [-0.25, -0.2) is 18.2 Å². The van der Waals surface area contributed by atoms with Crippen LogP contribution in [-0.2, 0) is 0 Å². The van der Waals surface area contributed by atoms with Gasteiger partial charge in [-0.2, -0.15) is 0 Å². The maximum atomic E-state index is 15.1. The number of pyridine rings is 2. The Bertz CT molecular complexity index is 1560. The van der Waals surface area contributed by atoms with Crippen LogP contribution in [0.2, 0.25) is 0 Å². The van der Waals surface area contributed by atoms with E-state index < -0.39 is 35.2 Å². The van der Waals surface area contributed by atoms with Crippen LogP contribution < -0.4 is 15.6 Å². The Morgan fingerprint density at radius 2 is 1.68 bits per heavy atom. The van der Waals surface area contributed by atoms with Gasteiger partial charge in [0.2, 0.25) is 5.43 Å². The van der Waals surface area contributed by atoms with Crippen molar-refractivity contribution in [2.24, 2.45) is 17.8 Å². The Kier molecular flexibility index (Phi) is 6.19. The van der Waals surface area contributed by atoms with E-state index in [1.807, 2.05) is 4.90 Å². The second kappa shape index (κ2) is 9.58. The molecule has 4 aliphatic carbocycles. The number of hydrogen-bond acceptors (Lipinski definition) is 5. The van der Waals surface area contributed by atoms with Crippen LogP contribution in [-0.4, -0.2) is 51.5 Å². The molecule has 8 rings (SSSR count). The summed E-state index contributed by atoms with van der Waals surface area (Å²) in [5, 5.41) is 12.7. The van der Waals surface area contributed by atoms with Gasteiger partial charge in [-0.3, -0.25) is 14.2 Å². The van der Waals surface area contributed by atoms with Crippen molar-refractivity contribution in [3.8, 4) is 5.69 Å². The molecule has 1 saturated heterocycles. The summed E-state index contributed by atoms with van der Waals surface area (Å²) in [6.45, 7) is 0.0516. The van der Waals surface area contributed by atoms with Gasteiger partial charge in [-0.05, 0) is 80.5 Å². The maximum Gasteiger partial charge on any atom is 0.257 e. The van der Waals surface area contributed by atoms with Crippen molar-refractivity contribution in [2.45, 2.75) is 62.6 Å². The number of halogens is 3. The number of rotatable bonds is 5. The van der Waals surface area contributed by atoms with Crippen molar-refractivity contribution < 1.29 is 23.1 Å². The van der Waals surface area contributed by atoms with E-state index >= 15 is 4.39 Å². The number of anilines is 1. The summed E-state index contributed by atoms with van der Waals surface area (Å²) in [6.07, 6.45) is 7.90. The number of aliphatic hydroxyl groups excluding tert-OH is 1. The minimum Gasteiger partial charge on any atom is -0.393 e. The molecule has 5 fully saturated rings. The van der Waals surface area contributed by atoms with Crippen LogP contribution in [0, 0.1) is 29.4 Å². The number of piperidine rings is 1. The van der Waals surface area contributed by atoms with E-state index in [0.29, 0.717) is 36.7 Å². The fourth-order valence-electron chi connectivity index (χ4n) is 8.26. The Balaban J connectivity index is 1.30. The quantitative estimate of drug-likeness (QED) is 0.469. The van der Waals surface area contributed by atoms with Gasteiger partial charge in [0.15, 0.2) is 5.65 Å². The zero-order chi connectivity index (χ0) is 28.5. The zero-order valence-corrected chi connectivity index (χ0v) is 22.7. The summed E-state index contributed by atoms with van der Waals surface area (Å²) in [7, 11) is 0. The molecule has 4 bridgehead atoms. The highest BCUT2D eigenvalue weighted by molar-refractivity contribution is 5.97. The van der Waals surface area contributed by atoms with E-state index in [2.05, 4.69) is 10.3 Å². The first-order valence-electron chi connectivity index (χ1n) is 14.5. The largest absolute Gasteiger partial charge is 0.393 e. The second-order valence-corrected chi connectivity index (χ2v) is 12.8. The minimum absolute atomic E-state index is 0.0494. The number of benzene rings is 1. The molecular formula is C31H33F3N4O3. The lowest BCUT2D eigenvalue weighted by Gasteiger charge is -2.56. The highest BCUT2D eigenvalue weighted by Gasteiger charge is 2.51. The van der Waals surface area contributed by atoms with Gasteiger partial charge < -0.3 is 15.3 Å². The standard InChI is InChI=1S/C31H33F3N4O3/c32-21-1-3-25(24(33)12-21)38-16-23(29(41)36-31-13-18-9-19(14-31)11-20(10-18)15-31)27(40)22-2-4-26(35-28(22)38)37-7-5-30(34,17-39)6-8-37/h1-4,12,16,18-20,39H,5-11,13-15,17H2,(H,36,41). The van der Waals surface area contributed by atoms with E-state index in [0.717, 1.165) is 31.4 Å². The molecule has 0 unspecified atom stereocenters. The van der Waals surface area contributed by atoms with Gasteiger partial charge in [-0.15, -0.1) is 0 Å². The lowest BCUT2D eigenvalue weighted by atomic mass is 9.53. The topological polar surface area (TPSA) is 87.5 Å². The molecule has 10 heteroatoms. The lowest BCUT2D eigenvalue weighted by Crippen LogP contribution is -2.60. The van der Waals surface area contributed by atoms with Crippen LogP contribution in [0.5, 0.6) is 0 Å². The molecule has 216 valence electrons. The third-order valence-corrected chi connectivity index (χ3v) is 9.93. The summed E-state index contributed by atoms with van der Waals surface area (Å²) in [5.74, 6) is 0.147. The fourth-order valence-corrected chi connectivity index (χ4v) is 8.26. The first kappa shape index (κ1) is 26.5. The van der Waals surface area contributed by atoms with Gasteiger partial charge >= 0.3 is 0 Å². The minimum atomic E-state index is -1.65. The summed E-state index contributed by atoms with van der Waals surface area (Å²) >= 11 is 0. The number of alkyl halides is 1. The average molecular weight is 567 g/mol. The smallest absolute Gasteiger partial charge is 0.257 e. The number of carbonyl (C=O) groups excluding carboxylic acids is 1. The van der Waals surface area contributed by atoms with Crippen LogP contribution in [0.15, 0.2) is 41.3 Å². The third-order valence-electron chi connectivity index (χ3n) is 9.93. The van der Waals surface area contributed by atoms with E-state index in [-0.39, 0.29) is 40.7 Å². The molecule has 2 aromatic heterocycles. The molecule has 4 saturated carbocycles. The van der Waals surface area contributed by atoms with E-state index in [4.69, 9.17) is 0 Å². The molecule has 3 heterocycles. The molecule has 1 aromatic carbocycles. The SMILES string of the molecule is O=C(NC12CC3CC(CC(C3)C1)C2)c1cn(-c2ccc(F)cc2F)c2nc(N3CCC(F)(CO)CC3)ccc2c1=O. The van der Waals surface area contributed by atoms with Crippen LogP contribution in [0.3, 0.4) is 0 Å². The number of hydrogen-bond donors (Lipinski definition) is 2. The van der Waals surface area contributed by atoms with Crippen molar-refractivity contribution in [1.82, 2.24) is 14.9 Å². The highest BCUT2D eigenvalue weighted by atomic mass is 19.1. The molecule has 3 aromatic rings. The van der Waals surface area contributed by atoms with E-state index in [9.17, 15) is 23.5 Å². The maximum absolute atomic E-state index is 15.1. The number of aliphatic hydroxyl groups is 1. The molecule has 1 aliphatic heterocycles. The van der Waals surface area contributed by atoms with Crippen molar-refractivity contribution in [2.75, 3.05) is 24.6 Å². The van der Waals surface area contributed by atoms with Gasteiger partial charge in [0.25, 0.3) is 5.91 Å². The molecule has 0 atom stereocenters. The van der Waals surface area contributed by atoms with Gasteiger partial charge in [0.05, 0.1) is 17.7 Å².